The van der Waals surface area contributed by atoms with Crippen molar-refractivity contribution in [2.24, 2.45) is 5.92 Å². The molecule has 4 rings (SSSR count). The van der Waals surface area contributed by atoms with Gasteiger partial charge in [0.05, 0.1) is 0 Å². The molecule has 5 heteroatoms. The Kier molecular flexibility index (Phi) is 3.61. The quantitative estimate of drug-likeness (QED) is 0.873. The number of nitrogens with zero attached hydrogens (tertiary/aromatic N) is 1. The molecule has 2 atom stereocenters. The number of fused-ring (bicyclic) bond motifs is 3. The van der Waals surface area contributed by atoms with E-state index in [2.05, 4.69) is 17.3 Å². The summed E-state index contributed by atoms with van der Waals surface area (Å²) < 4.78 is 26.6. The van der Waals surface area contributed by atoms with Crippen molar-refractivity contribution in [3.05, 3.63) is 59.2 Å². The van der Waals surface area contributed by atoms with Gasteiger partial charge in [0, 0.05) is 31.1 Å². The Morgan fingerprint density at radius 3 is 2.58 bits per heavy atom. The number of amides is 1. The zero-order valence-electron chi connectivity index (χ0n) is 13.4. The van der Waals surface area contributed by atoms with Crippen molar-refractivity contribution < 1.29 is 13.6 Å². The first-order valence-electron chi connectivity index (χ1n) is 8.09. The molecule has 0 spiro atoms. The number of benzene rings is 2. The molecule has 0 aromatic heterocycles. The van der Waals surface area contributed by atoms with Gasteiger partial charge in [0.2, 0.25) is 0 Å². The van der Waals surface area contributed by atoms with Gasteiger partial charge in [-0.2, -0.15) is 0 Å². The van der Waals surface area contributed by atoms with Crippen molar-refractivity contribution in [1.29, 1.82) is 0 Å². The number of carbonyl (C=O) groups is 1. The minimum Gasteiger partial charge on any atom is -0.352 e. The van der Waals surface area contributed by atoms with Crippen molar-refractivity contribution in [3.63, 3.8) is 0 Å². The fourth-order valence-electron chi connectivity index (χ4n) is 3.90. The van der Waals surface area contributed by atoms with Crippen LogP contribution in [-0.2, 0) is 0 Å². The second-order valence-electron chi connectivity index (χ2n) is 6.73. The summed E-state index contributed by atoms with van der Waals surface area (Å²) in [7, 11) is 2.09. The molecule has 1 saturated heterocycles. The molecule has 2 aliphatic heterocycles. The van der Waals surface area contributed by atoms with E-state index in [9.17, 15) is 13.6 Å². The lowest BCUT2D eigenvalue weighted by Crippen LogP contribution is -2.29. The topological polar surface area (TPSA) is 32.3 Å². The zero-order chi connectivity index (χ0) is 16.8. The Morgan fingerprint density at radius 2 is 1.79 bits per heavy atom. The van der Waals surface area contributed by atoms with E-state index in [1.165, 1.54) is 6.07 Å². The molecule has 1 N–H and O–H groups in total. The average molecular weight is 328 g/mol. The Labute approximate surface area is 139 Å². The Hall–Kier alpha value is -2.27. The summed E-state index contributed by atoms with van der Waals surface area (Å²) in [5.41, 5.74) is 2.96. The van der Waals surface area contributed by atoms with Crippen LogP contribution in [0.5, 0.6) is 0 Å². The van der Waals surface area contributed by atoms with Gasteiger partial charge in [-0.05, 0) is 47.9 Å². The van der Waals surface area contributed by atoms with E-state index in [1.807, 2.05) is 12.1 Å². The molecule has 3 nitrogen and oxygen atoms in total. The van der Waals surface area contributed by atoms with Crippen LogP contribution < -0.4 is 5.32 Å². The van der Waals surface area contributed by atoms with Crippen LogP contribution in [0, 0.1) is 17.6 Å². The third kappa shape index (κ3) is 2.49. The molecule has 2 aromatic rings. The number of likely N-dealkylation sites (tertiary alicyclic amines) is 1. The maximum atomic E-state index is 13.5. The van der Waals surface area contributed by atoms with Crippen LogP contribution in [0.3, 0.4) is 0 Å². The summed E-state index contributed by atoms with van der Waals surface area (Å²) in [6.07, 6.45) is 0. The number of carbonyl (C=O) groups excluding carboxylic acids is 1. The molecule has 0 radical (unpaired) electrons. The maximum Gasteiger partial charge on any atom is 0.251 e. The summed E-state index contributed by atoms with van der Waals surface area (Å²) in [5.74, 6) is -1.11. The Morgan fingerprint density at radius 1 is 1.04 bits per heavy atom. The standard InChI is InChI=1S/C19H18F2N2O/c1-23-9-13-8-22-19(24)15-6-11(2-4-14(15)16(13)10-23)12-3-5-17(20)18(21)7-12/h2-7,13,16H,8-10H2,1H3,(H,22,24)/t13-,16-/m1/s1. The lowest BCUT2D eigenvalue weighted by atomic mass is 9.86. The molecule has 0 aliphatic carbocycles. The molecule has 0 unspecified atom stereocenters. The molecule has 0 bridgehead atoms. The fraction of sp³-hybridized carbons (Fsp3) is 0.316. The van der Waals surface area contributed by atoms with Crippen LogP contribution in [0.1, 0.15) is 21.8 Å². The van der Waals surface area contributed by atoms with Crippen LogP contribution in [0.4, 0.5) is 8.78 Å². The van der Waals surface area contributed by atoms with E-state index in [1.54, 1.807) is 6.07 Å². The minimum absolute atomic E-state index is 0.0912. The normalized spacial score (nSPS) is 23.4. The van der Waals surface area contributed by atoms with Crippen molar-refractivity contribution in [2.75, 3.05) is 26.7 Å². The number of nitrogens with one attached hydrogen (secondary N) is 1. The average Bonchev–Trinajstić information content (AvgIpc) is 2.89. The number of hydrogen-bond donors (Lipinski definition) is 1. The maximum absolute atomic E-state index is 13.5. The highest BCUT2D eigenvalue weighted by Gasteiger charge is 2.36. The van der Waals surface area contributed by atoms with Gasteiger partial charge in [-0.1, -0.05) is 18.2 Å². The Balaban J connectivity index is 1.79. The largest absolute Gasteiger partial charge is 0.352 e. The third-order valence-electron chi connectivity index (χ3n) is 5.10. The summed E-state index contributed by atoms with van der Waals surface area (Å²) >= 11 is 0. The van der Waals surface area contributed by atoms with E-state index >= 15 is 0 Å². The zero-order valence-corrected chi connectivity index (χ0v) is 13.4. The van der Waals surface area contributed by atoms with E-state index < -0.39 is 11.6 Å². The summed E-state index contributed by atoms with van der Waals surface area (Å²) in [6, 6.07) is 9.45. The van der Waals surface area contributed by atoms with Gasteiger partial charge in [0.1, 0.15) is 0 Å². The first kappa shape index (κ1) is 15.3. The highest BCUT2D eigenvalue weighted by atomic mass is 19.2. The van der Waals surface area contributed by atoms with Gasteiger partial charge < -0.3 is 10.2 Å². The van der Waals surface area contributed by atoms with Crippen LogP contribution in [0.25, 0.3) is 11.1 Å². The molecule has 2 aliphatic rings. The smallest absolute Gasteiger partial charge is 0.251 e. The molecule has 124 valence electrons. The monoisotopic (exact) mass is 328 g/mol. The van der Waals surface area contributed by atoms with Gasteiger partial charge in [-0.25, -0.2) is 8.78 Å². The number of likely N-dealkylation sites (N-methyl/N-ethyl adjacent to an activating group) is 1. The van der Waals surface area contributed by atoms with Crippen LogP contribution in [-0.4, -0.2) is 37.5 Å². The van der Waals surface area contributed by atoms with Crippen molar-refractivity contribution in [1.82, 2.24) is 10.2 Å². The van der Waals surface area contributed by atoms with E-state index in [-0.39, 0.29) is 5.91 Å². The SMILES string of the molecule is CN1C[C@H]2CNC(=O)c3cc(-c4ccc(F)c(F)c4)ccc3[C@@H]2C1. The summed E-state index contributed by atoms with van der Waals surface area (Å²) in [6.45, 7) is 2.56. The van der Waals surface area contributed by atoms with Crippen molar-refractivity contribution in [3.8, 4) is 11.1 Å². The summed E-state index contributed by atoms with van der Waals surface area (Å²) in [4.78, 5) is 14.7. The predicted octanol–water partition coefficient (Wildman–Crippen LogP) is 3.02. The van der Waals surface area contributed by atoms with Gasteiger partial charge in [0.25, 0.3) is 5.91 Å². The molecule has 24 heavy (non-hydrogen) atoms. The number of rotatable bonds is 1. The van der Waals surface area contributed by atoms with Gasteiger partial charge >= 0.3 is 0 Å². The lowest BCUT2D eigenvalue weighted by Gasteiger charge is -2.17. The van der Waals surface area contributed by atoms with E-state index in [0.29, 0.717) is 35.1 Å². The second-order valence-corrected chi connectivity index (χ2v) is 6.73. The Bertz CT molecular complexity index is 821. The second kappa shape index (κ2) is 5.67. The molecular weight excluding hydrogens is 310 g/mol. The molecule has 0 saturated carbocycles. The lowest BCUT2D eigenvalue weighted by molar-refractivity contribution is 0.0951. The first-order chi connectivity index (χ1) is 11.5. The third-order valence-corrected chi connectivity index (χ3v) is 5.10. The highest BCUT2D eigenvalue weighted by Crippen LogP contribution is 2.37. The van der Waals surface area contributed by atoms with Gasteiger partial charge in [-0.15, -0.1) is 0 Å². The van der Waals surface area contributed by atoms with Crippen LogP contribution in [0.15, 0.2) is 36.4 Å². The van der Waals surface area contributed by atoms with E-state index in [0.717, 1.165) is 30.8 Å². The molecular formula is C19H18F2N2O. The predicted molar refractivity (Wildman–Crippen MR) is 87.9 cm³/mol. The summed E-state index contributed by atoms with van der Waals surface area (Å²) in [5, 5.41) is 2.99. The molecule has 1 fully saturated rings. The first-order valence-corrected chi connectivity index (χ1v) is 8.09. The minimum atomic E-state index is -0.885. The molecule has 2 heterocycles. The van der Waals surface area contributed by atoms with Gasteiger partial charge in [0.15, 0.2) is 11.6 Å². The molecule has 2 aromatic carbocycles. The van der Waals surface area contributed by atoms with Crippen LogP contribution >= 0.6 is 0 Å². The highest BCUT2D eigenvalue weighted by molar-refractivity contribution is 5.97. The van der Waals surface area contributed by atoms with Gasteiger partial charge in [-0.3, -0.25) is 4.79 Å². The fourth-order valence-corrected chi connectivity index (χ4v) is 3.90. The number of hydrogen-bond acceptors (Lipinski definition) is 2. The van der Waals surface area contributed by atoms with Crippen molar-refractivity contribution in [2.45, 2.75) is 5.92 Å². The molecule has 1 amide bonds. The van der Waals surface area contributed by atoms with Crippen molar-refractivity contribution >= 4 is 5.91 Å². The number of halogens is 2. The van der Waals surface area contributed by atoms with E-state index in [4.69, 9.17) is 0 Å². The van der Waals surface area contributed by atoms with Crippen LogP contribution in [0.2, 0.25) is 0 Å².